The molecule has 0 fully saturated rings. The van der Waals surface area contributed by atoms with Crippen molar-refractivity contribution in [2.45, 2.75) is 47.2 Å². The smallest absolute Gasteiger partial charge is 0.358 e. The number of nitrogens with zero attached hydrogens (tertiary/aromatic N) is 5. The highest BCUT2D eigenvalue weighted by molar-refractivity contribution is 9.10. The number of carbonyl (C=O) groups is 1. The molecule has 1 N–H and O–H groups in total. The third kappa shape index (κ3) is 4.69. The molecule has 10 heteroatoms. The van der Waals surface area contributed by atoms with E-state index in [-0.39, 0.29) is 17.6 Å². The first-order chi connectivity index (χ1) is 12.2. The van der Waals surface area contributed by atoms with Gasteiger partial charge in [-0.25, -0.2) is 0 Å². The van der Waals surface area contributed by atoms with Gasteiger partial charge >= 0.3 is 5.82 Å². The number of aromatic nitrogens is 4. The Labute approximate surface area is 160 Å². The van der Waals surface area contributed by atoms with Crippen LogP contribution in [0, 0.1) is 36.8 Å². The van der Waals surface area contributed by atoms with Crippen LogP contribution in [0.5, 0.6) is 0 Å². The van der Waals surface area contributed by atoms with Crippen molar-refractivity contribution in [3.05, 3.63) is 37.7 Å². The summed E-state index contributed by atoms with van der Waals surface area (Å²) in [5, 5.41) is 22.0. The summed E-state index contributed by atoms with van der Waals surface area (Å²) in [7, 11) is 0. The van der Waals surface area contributed by atoms with Crippen LogP contribution < -0.4 is 5.32 Å². The molecule has 26 heavy (non-hydrogen) atoms. The van der Waals surface area contributed by atoms with Crippen LogP contribution in [0.2, 0.25) is 0 Å². The van der Waals surface area contributed by atoms with Crippen molar-refractivity contribution in [3.63, 3.8) is 0 Å². The fraction of sp³-hybridized carbons (Fsp3) is 0.562. The van der Waals surface area contributed by atoms with Gasteiger partial charge in [-0.15, -0.1) is 0 Å². The molecule has 0 aromatic carbocycles. The Morgan fingerprint density at radius 1 is 1.35 bits per heavy atom. The average molecular weight is 427 g/mol. The second-order valence-electron chi connectivity index (χ2n) is 6.34. The van der Waals surface area contributed by atoms with Crippen molar-refractivity contribution in [1.82, 2.24) is 24.9 Å². The van der Waals surface area contributed by atoms with Crippen LogP contribution in [0.3, 0.4) is 0 Å². The van der Waals surface area contributed by atoms with E-state index in [2.05, 4.69) is 31.4 Å². The van der Waals surface area contributed by atoms with E-state index < -0.39 is 4.92 Å². The fourth-order valence-electron chi connectivity index (χ4n) is 2.62. The lowest BCUT2D eigenvalue weighted by Crippen LogP contribution is -2.33. The number of nitro groups is 1. The number of rotatable bonds is 8. The van der Waals surface area contributed by atoms with Crippen LogP contribution in [0.4, 0.5) is 5.82 Å². The van der Waals surface area contributed by atoms with E-state index in [0.717, 1.165) is 28.8 Å². The first-order valence-electron chi connectivity index (χ1n) is 8.36. The summed E-state index contributed by atoms with van der Waals surface area (Å²) in [4.78, 5) is 22.4. The molecule has 0 spiro atoms. The zero-order valence-electron chi connectivity index (χ0n) is 15.3. The monoisotopic (exact) mass is 426 g/mol. The molecule has 2 aromatic rings. The molecule has 2 rings (SSSR count). The van der Waals surface area contributed by atoms with E-state index in [1.165, 1.54) is 10.7 Å². The molecule has 142 valence electrons. The van der Waals surface area contributed by atoms with E-state index in [9.17, 15) is 14.9 Å². The number of carbonyl (C=O) groups excluding carboxylic acids is 1. The normalized spacial score (nSPS) is 12.2. The molecule has 0 bridgehead atoms. The number of aryl methyl sites for hydroxylation is 3. The maximum Gasteiger partial charge on any atom is 0.390 e. The Balaban J connectivity index is 1.80. The van der Waals surface area contributed by atoms with E-state index >= 15 is 0 Å². The zero-order valence-corrected chi connectivity index (χ0v) is 16.9. The third-order valence-corrected chi connectivity index (χ3v) is 5.34. The van der Waals surface area contributed by atoms with Crippen LogP contribution in [0.1, 0.15) is 30.4 Å². The van der Waals surface area contributed by atoms with Crippen molar-refractivity contribution in [2.24, 2.45) is 5.92 Å². The maximum absolute atomic E-state index is 12.2. The minimum atomic E-state index is -0.536. The SMILES string of the molecule is Cc1nn(CCCNC(=O)C(C)Cn2nc([N+](=O)[O-])cc2C)c(C)c1Br. The topological polar surface area (TPSA) is 108 Å². The highest BCUT2D eigenvalue weighted by atomic mass is 79.9. The van der Waals surface area contributed by atoms with Gasteiger partial charge in [-0.05, 0) is 48.0 Å². The molecular weight excluding hydrogens is 404 g/mol. The molecule has 9 nitrogen and oxygen atoms in total. The predicted octanol–water partition coefficient (Wildman–Crippen LogP) is 2.52. The van der Waals surface area contributed by atoms with Gasteiger partial charge in [0, 0.05) is 18.8 Å². The molecular formula is C16H23BrN6O3. The van der Waals surface area contributed by atoms with Gasteiger partial charge in [0.15, 0.2) is 0 Å². The molecule has 0 radical (unpaired) electrons. The molecule has 0 aliphatic carbocycles. The largest absolute Gasteiger partial charge is 0.390 e. The van der Waals surface area contributed by atoms with Crippen LogP contribution in [-0.4, -0.2) is 36.9 Å². The third-order valence-electron chi connectivity index (χ3n) is 4.19. The van der Waals surface area contributed by atoms with Crippen LogP contribution in [0.25, 0.3) is 0 Å². The number of hydrogen-bond donors (Lipinski definition) is 1. The zero-order chi connectivity index (χ0) is 19.4. The Morgan fingerprint density at radius 3 is 2.58 bits per heavy atom. The van der Waals surface area contributed by atoms with Crippen LogP contribution >= 0.6 is 15.9 Å². The molecule has 0 saturated heterocycles. The van der Waals surface area contributed by atoms with E-state index in [0.29, 0.717) is 18.8 Å². The van der Waals surface area contributed by atoms with Gasteiger partial charge < -0.3 is 15.4 Å². The summed E-state index contributed by atoms with van der Waals surface area (Å²) < 4.78 is 4.43. The molecule has 1 unspecified atom stereocenters. The standard InChI is InChI=1S/C16H23BrN6O3/c1-10(9-22-11(2)8-14(20-22)23(25)26)16(24)18-6-5-7-21-13(4)15(17)12(3)19-21/h8,10H,5-7,9H2,1-4H3,(H,18,24). The van der Waals surface area contributed by atoms with Crippen LogP contribution in [-0.2, 0) is 17.9 Å². The lowest BCUT2D eigenvalue weighted by molar-refractivity contribution is -0.389. The Morgan fingerprint density at radius 2 is 2.04 bits per heavy atom. The maximum atomic E-state index is 12.2. The summed E-state index contributed by atoms with van der Waals surface area (Å²) in [5.74, 6) is -0.640. The Bertz CT molecular complexity index is 813. The average Bonchev–Trinajstić information content (AvgIpc) is 3.07. The number of halogens is 1. The number of nitrogens with one attached hydrogen (secondary N) is 1. The summed E-state index contributed by atoms with van der Waals surface area (Å²) in [5.41, 5.74) is 2.67. The number of hydrogen-bond acceptors (Lipinski definition) is 5. The van der Waals surface area contributed by atoms with Gasteiger partial charge in [-0.3, -0.25) is 9.48 Å². The van der Waals surface area contributed by atoms with E-state index in [4.69, 9.17) is 0 Å². The van der Waals surface area contributed by atoms with Gasteiger partial charge in [0.2, 0.25) is 5.91 Å². The highest BCUT2D eigenvalue weighted by Gasteiger charge is 2.20. The van der Waals surface area contributed by atoms with Crippen molar-refractivity contribution < 1.29 is 9.72 Å². The van der Waals surface area contributed by atoms with Gasteiger partial charge in [0.25, 0.3) is 0 Å². The fourth-order valence-corrected chi connectivity index (χ4v) is 2.90. The van der Waals surface area contributed by atoms with Gasteiger partial charge in [-0.1, -0.05) is 6.92 Å². The van der Waals surface area contributed by atoms with Gasteiger partial charge in [0.1, 0.15) is 0 Å². The molecule has 0 aliphatic rings. The molecule has 1 atom stereocenters. The Hall–Kier alpha value is -2.23. The highest BCUT2D eigenvalue weighted by Crippen LogP contribution is 2.19. The summed E-state index contributed by atoms with van der Waals surface area (Å²) in [6.45, 7) is 9.01. The first kappa shape index (κ1) is 20.1. The van der Waals surface area contributed by atoms with Gasteiger partial charge in [0.05, 0.1) is 39.5 Å². The second-order valence-corrected chi connectivity index (χ2v) is 7.13. The van der Waals surface area contributed by atoms with E-state index in [1.807, 2.05) is 18.5 Å². The summed E-state index contributed by atoms with van der Waals surface area (Å²) >= 11 is 3.50. The van der Waals surface area contributed by atoms with Crippen molar-refractivity contribution in [1.29, 1.82) is 0 Å². The summed E-state index contributed by atoms with van der Waals surface area (Å²) in [6, 6.07) is 1.40. The van der Waals surface area contributed by atoms with Crippen molar-refractivity contribution >= 4 is 27.7 Å². The molecule has 0 saturated carbocycles. The minimum Gasteiger partial charge on any atom is -0.358 e. The minimum absolute atomic E-state index is 0.0999. The lowest BCUT2D eigenvalue weighted by atomic mass is 10.1. The molecule has 1 amide bonds. The first-order valence-corrected chi connectivity index (χ1v) is 9.16. The van der Waals surface area contributed by atoms with Crippen molar-refractivity contribution in [3.8, 4) is 0 Å². The van der Waals surface area contributed by atoms with Crippen molar-refractivity contribution in [2.75, 3.05) is 6.54 Å². The van der Waals surface area contributed by atoms with Crippen LogP contribution in [0.15, 0.2) is 10.5 Å². The quantitative estimate of drug-likeness (QED) is 0.396. The second kappa shape index (κ2) is 8.43. The predicted molar refractivity (Wildman–Crippen MR) is 99.8 cm³/mol. The molecule has 0 aliphatic heterocycles. The summed E-state index contributed by atoms with van der Waals surface area (Å²) in [6.07, 6.45) is 0.763. The molecule has 2 heterocycles. The number of amides is 1. The van der Waals surface area contributed by atoms with Gasteiger partial charge in [-0.2, -0.15) is 9.78 Å². The Kier molecular flexibility index (Phi) is 6.52. The molecule has 2 aromatic heterocycles. The lowest BCUT2D eigenvalue weighted by Gasteiger charge is -2.12. The van der Waals surface area contributed by atoms with E-state index in [1.54, 1.807) is 13.8 Å².